The quantitative estimate of drug-likeness (QED) is 0.679. The first-order chi connectivity index (χ1) is 12.2. The van der Waals surface area contributed by atoms with Gasteiger partial charge in [0.05, 0.1) is 25.0 Å². The number of anilines is 1. The molecular weight excluding hydrogens is 360 g/mol. The molecule has 0 spiro atoms. The van der Waals surface area contributed by atoms with Crippen molar-refractivity contribution in [2.45, 2.75) is 10.4 Å². The van der Waals surface area contributed by atoms with Gasteiger partial charge in [-0.25, -0.2) is 0 Å². The highest BCUT2D eigenvalue weighted by Crippen LogP contribution is 2.23. The molecule has 25 heavy (non-hydrogen) atoms. The van der Waals surface area contributed by atoms with Gasteiger partial charge in [-0.1, -0.05) is 29.2 Å². The second-order valence-corrected chi connectivity index (χ2v) is 7.68. The van der Waals surface area contributed by atoms with Gasteiger partial charge < -0.3 is 15.8 Å². The first-order valence-corrected chi connectivity index (χ1v) is 9.73. The Morgan fingerprint density at radius 2 is 2.28 bits per heavy atom. The summed E-state index contributed by atoms with van der Waals surface area (Å²) in [5.41, 5.74) is 6.63. The van der Waals surface area contributed by atoms with Crippen molar-refractivity contribution in [1.29, 1.82) is 0 Å². The van der Waals surface area contributed by atoms with Gasteiger partial charge in [0.2, 0.25) is 11.0 Å². The molecule has 1 unspecified atom stereocenters. The van der Waals surface area contributed by atoms with Crippen molar-refractivity contribution < 1.29 is 9.53 Å². The van der Waals surface area contributed by atoms with Crippen molar-refractivity contribution in [3.05, 3.63) is 30.1 Å². The maximum Gasteiger partial charge on any atom is 0.230 e. The van der Waals surface area contributed by atoms with E-state index in [4.69, 9.17) is 10.5 Å². The monoisotopic (exact) mass is 380 g/mol. The van der Waals surface area contributed by atoms with Crippen molar-refractivity contribution >= 4 is 34.1 Å². The fourth-order valence-corrected chi connectivity index (χ4v) is 4.05. The third kappa shape index (κ3) is 5.36. The Bertz CT molecular complexity index is 678. The van der Waals surface area contributed by atoms with Gasteiger partial charge in [0.25, 0.3) is 0 Å². The Morgan fingerprint density at radius 1 is 1.44 bits per heavy atom. The number of nitrogens with one attached hydrogen (secondary N) is 1. The van der Waals surface area contributed by atoms with E-state index in [1.165, 1.54) is 23.1 Å². The van der Waals surface area contributed by atoms with E-state index in [-0.39, 0.29) is 17.7 Å². The van der Waals surface area contributed by atoms with Crippen LogP contribution in [-0.2, 0) is 9.53 Å². The number of carbonyl (C=O) groups is 1. The third-order valence-electron chi connectivity index (χ3n) is 3.80. The lowest BCUT2D eigenvalue weighted by Gasteiger charge is -2.34. The van der Waals surface area contributed by atoms with E-state index in [0.29, 0.717) is 29.2 Å². The number of thioether (sulfide) groups is 1. The van der Waals surface area contributed by atoms with Crippen LogP contribution in [0.3, 0.4) is 0 Å². The second-order valence-electron chi connectivity index (χ2n) is 5.45. The highest BCUT2D eigenvalue weighted by atomic mass is 32.2. The van der Waals surface area contributed by atoms with E-state index >= 15 is 0 Å². The number of pyridine rings is 1. The van der Waals surface area contributed by atoms with E-state index in [2.05, 4.69) is 25.4 Å². The van der Waals surface area contributed by atoms with Gasteiger partial charge in [-0.05, 0) is 11.6 Å². The standard InChI is InChI=1S/C15H20N6O2S2/c16-14-19-20-15(25-14)24-10-13(22)18-9-12(11-2-1-3-17-8-11)21-4-6-23-7-5-21/h1-3,8,12H,4-7,9-10H2,(H2,16,19)(H,18,22). The second kappa shape index (κ2) is 9.09. The van der Waals surface area contributed by atoms with Gasteiger partial charge in [0, 0.05) is 32.0 Å². The van der Waals surface area contributed by atoms with Gasteiger partial charge >= 0.3 is 0 Å². The Kier molecular flexibility index (Phi) is 6.56. The van der Waals surface area contributed by atoms with Crippen molar-refractivity contribution in [2.75, 3.05) is 44.3 Å². The molecule has 1 saturated heterocycles. The number of carbonyl (C=O) groups excluding carboxylic acids is 1. The number of rotatable bonds is 7. The van der Waals surface area contributed by atoms with Crippen LogP contribution in [0, 0.1) is 0 Å². The van der Waals surface area contributed by atoms with Gasteiger partial charge in [0.1, 0.15) is 0 Å². The van der Waals surface area contributed by atoms with Gasteiger partial charge in [-0.3, -0.25) is 14.7 Å². The number of nitrogens with two attached hydrogens (primary N) is 1. The zero-order chi connectivity index (χ0) is 17.5. The summed E-state index contributed by atoms with van der Waals surface area (Å²) in [7, 11) is 0. The summed E-state index contributed by atoms with van der Waals surface area (Å²) < 4.78 is 6.13. The minimum atomic E-state index is -0.0408. The number of aromatic nitrogens is 3. The summed E-state index contributed by atoms with van der Waals surface area (Å²) in [6.07, 6.45) is 3.61. The van der Waals surface area contributed by atoms with Crippen LogP contribution >= 0.6 is 23.1 Å². The van der Waals surface area contributed by atoms with Crippen LogP contribution in [0.15, 0.2) is 28.9 Å². The molecule has 134 valence electrons. The molecule has 3 N–H and O–H groups in total. The Labute approximate surface area is 154 Å². The Hall–Kier alpha value is -1.75. The number of ether oxygens (including phenoxy) is 1. The zero-order valence-electron chi connectivity index (χ0n) is 13.6. The molecule has 0 aliphatic carbocycles. The van der Waals surface area contributed by atoms with Crippen molar-refractivity contribution in [3.8, 4) is 0 Å². The van der Waals surface area contributed by atoms with Crippen molar-refractivity contribution in [3.63, 3.8) is 0 Å². The van der Waals surface area contributed by atoms with Crippen molar-refractivity contribution in [2.24, 2.45) is 0 Å². The largest absolute Gasteiger partial charge is 0.379 e. The molecule has 8 nitrogen and oxygen atoms in total. The number of hydrogen-bond acceptors (Lipinski definition) is 9. The molecule has 1 aliphatic heterocycles. The van der Waals surface area contributed by atoms with Crippen LogP contribution in [-0.4, -0.2) is 64.6 Å². The van der Waals surface area contributed by atoms with E-state index in [0.717, 1.165) is 18.7 Å². The number of nitrogen functional groups attached to an aromatic ring is 1. The van der Waals surface area contributed by atoms with Crippen LogP contribution in [0.5, 0.6) is 0 Å². The van der Waals surface area contributed by atoms with Crippen LogP contribution in [0.1, 0.15) is 11.6 Å². The van der Waals surface area contributed by atoms with Crippen LogP contribution in [0.2, 0.25) is 0 Å². The van der Waals surface area contributed by atoms with Gasteiger partial charge in [-0.15, -0.1) is 10.2 Å². The molecule has 3 heterocycles. The lowest BCUT2D eigenvalue weighted by atomic mass is 10.1. The maximum absolute atomic E-state index is 12.2. The molecular formula is C15H20N6O2S2. The topological polar surface area (TPSA) is 106 Å². The lowest BCUT2D eigenvalue weighted by Crippen LogP contribution is -2.44. The summed E-state index contributed by atoms with van der Waals surface area (Å²) in [4.78, 5) is 18.7. The number of amides is 1. The average Bonchev–Trinajstić information content (AvgIpc) is 3.07. The van der Waals surface area contributed by atoms with Crippen LogP contribution in [0.25, 0.3) is 0 Å². The predicted octanol–water partition coefficient (Wildman–Crippen LogP) is 0.797. The molecule has 1 atom stereocenters. The van der Waals surface area contributed by atoms with Crippen molar-refractivity contribution in [1.82, 2.24) is 25.4 Å². The predicted molar refractivity (Wildman–Crippen MR) is 97.4 cm³/mol. The molecule has 3 rings (SSSR count). The fourth-order valence-electron chi connectivity index (χ4n) is 2.59. The fraction of sp³-hybridized carbons (Fsp3) is 0.467. The SMILES string of the molecule is Nc1nnc(SCC(=O)NCC(c2cccnc2)N2CCOCC2)s1. The molecule has 10 heteroatoms. The first-order valence-electron chi connectivity index (χ1n) is 7.92. The smallest absolute Gasteiger partial charge is 0.230 e. The van der Waals surface area contributed by atoms with E-state index in [1.807, 2.05) is 18.3 Å². The lowest BCUT2D eigenvalue weighted by molar-refractivity contribution is -0.118. The number of morpholine rings is 1. The van der Waals surface area contributed by atoms with Crippen LogP contribution < -0.4 is 11.1 Å². The van der Waals surface area contributed by atoms with E-state index < -0.39 is 0 Å². The Morgan fingerprint density at radius 3 is 2.96 bits per heavy atom. The number of hydrogen-bond donors (Lipinski definition) is 2. The average molecular weight is 380 g/mol. The highest BCUT2D eigenvalue weighted by Gasteiger charge is 2.23. The summed E-state index contributed by atoms with van der Waals surface area (Å²) in [6, 6.07) is 4.04. The molecule has 0 saturated carbocycles. The third-order valence-corrected chi connectivity index (χ3v) is 5.68. The molecule has 2 aromatic rings. The minimum Gasteiger partial charge on any atom is -0.379 e. The summed E-state index contributed by atoms with van der Waals surface area (Å²) in [5, 5.41) is 11.1. The molecule has 2 aromatic heterocycles. The normalized spacial score (nSPS) is 16.5. The van der Waals surface area contributed by atoms with E-state index in [9.17, 15) is 4.79 Å². The number of nitrogens with zero attached hydrogens (tertiary/aromatic N) is 4. The molecule has 1 fully saturated rings. The summed E-state index contributed by atoms with van der Waals surface area (Å²) in [5.74, 6) is 0.248. The molecule has 0 aromatic carbocycles. The molecule has 1 aliphatic rings. The van der Waals surface area contributed by atoms with E-state index in [1.54, 1.807) is 6.20 Å². The minimum absolute atomic E-state index is 0.0408. The van der Waals surface area contributed by atoms with Gasteiger partial charge in [-0.2, -0.15) is 0 Å². The molecule has 0 bridgehead atoms. The first kappa shape index (κ1) is 18.1. The molecule has 0 radical (unpaired) electrons. The molecule has 1 amide bonds. The zero-order valence-corrected chi connectivity index (χ0v) is 15.3. The summed E-state index contributed by atoms with van der Waals surface area (Å²) >= 11 is 2.62. The maximum atomic E-state index is 12.2. The highest BCUT2D eigenvalue weighted by molar-refractivity contribution is 8.01. The van der Waals surface area contributed by atoms with Crippen LogP contribution in [0.4, 0.5) is 5.13 Å². The summed E-state index contributed by atoms with van der Waals surface area (Å²) in [6.45, 7) is 3.63. The van der Waals surface area contributed by atoms with Gasteiger partial charge in [0.15, 0.2) is 4.34 Å². The Balaban J connectivity index is 1.55.